The largest absolute Gasteiger partial charge is 0.317 e. The van der Waals surface area contributed by atoms with Crippen molar-refractivity contribution in [2.24, 2.45) is 5.41 Å². The first kappa shape index (κ1) is 9.08. The average molecular weight is 152 g/mol. The van der Waals surface area contributed by atoms with Gasteiger partial charge in [-0.3, -0.25) is 0 Å². The van der Waals surface area contributed by atoms with E-state index in [-0.39, 0.29) is 5.94 Å². The fourth-order valence-corrected chi connectivity index (χ4v) is 1.32. The summed E-state index contributed by atoms with van der Waals surface area (Å²) in [5.74, 6) is 0.118. The van der Waals surface area contributed by atoms with Gasteiger partial charge in [-0.1, -0.05) is 20.8 Å². The second-order valence-corrected chi connectivity index (χ2v) is 4.35. The lowest BCUT2D eigenvalue weighted by Crippen LogP contribution is -2.59. The van der Waals surface area contributed by atoms with Gasteiger partial charge in [0.1, 0.15) is 0 Å². The molecular formula is C8H17BN2. The third-order valence-corrected chi connectivity index (χ3v) is 2.17. The summed E-state index contributed by atoms with van der Waals surface area (Å²) in [6.45, 7) is 8.59. The molecule has 2 nitrogen and oxygen atoms in total. The molecule has 2 N–H and O–H groups in total. The van der Waals surface area contributed by atoms with Gasteiger partial charge in [-0.25, -0.2) is 0 Å². The number of hydrogen-bond donors (Lipinski definition) is 2. The summed E-state index contributed by atoms with van der Waals surface area (Å²) in [6.07, 6.45) is 0. The van der Waals surface area contributed by atoms with Gasteiger partial charge in [-0.2, -0.15) is 0 Å². The summed E-state index contributed by atoms with van der Waals surface area (Å²) in [4.78, 5) is 0. The van der Waals surface area contributed by atoms with Crippen LogP contribution in [0.25, 0.3) is 0 Å². The molecule has 11 heavy (non-hydrogen) atoms. The minimum atomic E-state index is 0.118. The van der Waals surface area contributed by atoms with Crippen molar-refractivity contribution in [2.45, 2.75) is 32.8 Å². The third-order valence-electron chi connectivity index (χ3n) is 2.17. The number of hydrogen-bond acceptors (Lipinski definition) is 2. The Hall–Kier alpha value is -0.0151. The Bertz CT molecular complexity index is 131. The zero-order chi connectivity index (χ0) is 8.48. The maximum Gasteiger partial charge on any atom is 0.0924 e. The van der Waals surface area contributed by atoms with Crippen LogP contribution in [0, 0.1) is 5.41 Å². The standard InChI is InChI=1S/C8H17BN2/c1-8(2,3)6-4-10-5-7(9)11-6/h6-7,10-11H,4-5H2,1-3H3. The molecule has 0 saturated carbocycles. The van der Waals surface area contributed by atoms with Gasteiger partial charge in [-0.15, -0.1) is 0 Å². The molecule has 0 aromatic carbocycles. The first-order valence-corrected chi connectivity index (χ1v) is 4.22. The van der Waals surface area contributed by atoms with Crippen LogP contribution in [0.3, 0.4) is 0 Å². The highest BCUT2D eigenvalue weighted by atomic mass is 15.1. The Morgan fingerprint density at radius 3 is 2.27 bits per heavy atom. The monoisotopic (exact) mass is 152 g/mol. The Balaban J connectivity index is 2.46. The van der Waals surface area contributed by atoms with Gasteiger partial charge in [0.15, 0.2) is 0 Å². The van der Waals surface area contributed by atoms with Crippen molar-refractivity contribution >= 4 is 7.85 Å². The van der Waals surface area contributed by atoms with Crippen molar-refractivity contribution in [1.29, 1.82) is 0 Å². The Labute approximate surface area is 70.5 Å². The normalized spacial score (nSPS) is 33.7. The smallest absolute Gasteiger partial charge is 0.0924 e. The zero-order valence-corrected chi connectivity index (χ0v) is 7.65. The second-order valence-electron chi connectivity index (χ2n) is 4.35. The van der Waals surface area contributed by atoms with Gasteiger partial charge in [0.25, 0.3) is 0 Å². The molecule has 62 valence electrons. The molecule has 0 amide bonds. The highest BCUT2D eigenvalue weighted by molar-refractivity contribution is 6.12. The Kier molecular flexibility index (Phi) is 2.60. The average Bonchev–Trinajstić information content (AvgIpc) is 1.86. The van der Waals surface area contributed by atoms with E-state index in [1.807, 2.05) is 0 Å². The highest BCUT2D eigenvalue weighted by Crippen LogP contribution is 2.19. The van der Waals surface area contributed by atoms with E-state index in [0.29, 0.717) is 11.5 Å². The molecule has 0 aromatic rings. The molecule has 1 aliphatic rings. The van der Waals surface area contributed by atoms with Crippen LogP contribution in [0.15, 0.2) is 0 Å². The van der Waals surface area contributed by atoms with Crippen LogP contribution in [0.2, 0.25) is 0 Å². The van der Waals surface area contributed by atoms with Gasteiger partial charge >= 0.3 is 0 Å². The molecular weight excluding hydrogens is 135 g/mol. The summed E-state index contributed by atoms with van der Waals surface area (Å²) in [5, 5.41) is 6.68. The van der Waals surface area contributed by atoms with Crippen LogP contribution in [-0.2, 0) is 0 Å². The molecule has 2 atom stereocenters. The van der Waals surface area contributed by atoms with Crippen LogP contribution < -0.4 is 10.6 Å². The number of rotatable bonds is 0. The fraction of sp³-hybridized carbons (Fsp3) is 1.00. The highest BCUT2D eigenvalue weighted by Gasteiger charge is 2.27. The van der Waals surface area contributed by atoms with E-state index in [0.717, 1.165) is 13.1 Å². The summed E-state index contributed by atoms with van der Waals surface area (Å²) in [7, 11) is 5.75. The minimum Gasteiger partial charge on any atom is -0.317 e. The van der Waals surface area contributed by atoms with E-state index < -0.39 is 0 Å². The first-order chi connectivity index (χ1) is 5.00. The molecule has 0 aromatic heterocycles. The van der Waals surface area contributed by atoms with Crippen LogP contribution in [0.1, 0.15) is 20.8 Å². The van der Waals surface area contributed by atoms with Crippen molar-refractivity contribution in [3.63, 3.8) is 0 Å². The van der Waals surface area contributed by atoms with Gasteiger partial charge in [-0.05, 0) is 11.4 Å². The molecule has 1 heterocycles. The molecule has 1 rings (SSSR count). The van der Waals surface area contributed by atoms with Crippen molar-refractivity contribution < 1.29 is 0 Å². The molecule has 1 fully saturated rings. The van der Waals surface area contributed by atoms with E-state index in [2.05, 4.69) is 31.4 Å². The molecule has 0 bridgehead atoms. The van der Waals surface area contributed by atoms with Crippen LogP contribution in [0.4, 0.5) is 0 Å². The van der Waals surface area contributed by atoms with Gasteiger partial charge in [0.05, 0.1) is 7.85 Å². The Morgan fingerprint density at radius 1 is 1.27 bits per heavy atom. The summed E-state index contributed by atoms with van der Waals surface area (Å²) >= 11 is 0. The maximum atomic E-state index is 5.75. The van der Waals surface area contributed by atoms with Gasteiger partial charge < -0.3 is 10.6 Å². The van der Waals surface area contributed by atoms with Crippen molar-refractivity contribution in [2.75, 3.05) is 13.1 Å². The lowest BCUT2D eigenvalue weighted by atomic mass is 9.82. The molecule has 0 spiro atoms. The molecule has 1 aliphatic heterocycles. The van der Waals surface area contributed by atoms with E-state index in [1.165, 1.54) is 0 Å². The van der Waals surface area contributed by atoms with Crippen LogP contribution in [-0.4, -0.2) is 32.9 Å². The summed E-state index contributed by atoms with van der Waals surface area (Å²) < 4.78 is 0. The zero-order valence-electron chi connectivity index (χ0n) is 7.65. The Morgan fingerprint density at radius 2 is 1.91 bits per heavy atom. The van der Waals surface area contributed by atoms with Gasteiger partial charge in [0.2, 0.25) is 0 Å². The maximum absolute atomic E-state index is 5.75. The predicted molar refractivity (Wildman–Crippen MR) is 48.8 cm³/mol. The molecule has 2 radical (unpaired) electrons. The predicted octanol–water partition coefficient (Wildman–Crippen LogP) is 0.0885. The molecule has 0 aliphatic carbocycles. The lowest BCUT2D eigenvalue weighted by molar-refractivity contribution is 0.229. The molecule has 2 unspecified atom stereocenters. The minimum absolute atomic E-state index is 0.118. The fourth-order valence-electron chi connectivity index (χ4n) is 1.32. The van der Waals surface area contributed by atoms with E-state index >= 15 is 0 Å². The molecule has 1 saturated heterocycles. The van der Waals surface area contributed by atoms with Crippen molar-refractivity contribution in [3.05, 3.63) is 0 Å². The quantitative estimate of drug-likeness (QED) is 0.480. The van der Waals surface area contributed by atoms with Crippen molar-refractivity contribution in [3.8, 4) is 0 Å². The summed E-state index contributed by atoms with van der Waals surface area (Å²) in [5.41, 5.74) is 0.297. The van der Waals surface area contributed by atoms with Crippen molar-refractivity contribution in [1.82, 2.24) is 10.6 Å². The second kappa shape index (κ2) is 3.15. The van der Waals surface area contributed by atoms with Crippen LogP contribution in [0.5, 0.6) is 0 Å². The van der Waals surface area contributed by atoms with Crippen LogP contribution >= 0.6 is 0 Å². The lowest BCUT2D eigenvalue weighted by Gasteiger charge is -2.38. The number of nitrogens with one attached hydrogen (secondary N) is 2. The van der Waals surface area contributed by atoms with E-state index in [1.54, 1.807) is 0 Å². The SMILES string of the molecule is [B]C1CNCC(C(C)(C)C)N1. The third kappa shape index (κ3) is 2.49. The topological polar surface area (TPSA) is 24.1 Å². The first-order valence-electron chi connectivity index (χ1n) is 4.22. The molecule has 3 heteroatoms. The summed E-state index contributed by atoms with van der Waals surface area (Å²) in [6, 6.07) is 0.492. The number of piperazine rings is 1. The van der Waals surface area contributed by atoms with E-state index in [9.17, 15) is 0 Å². The van der Waals surface area contributed by atoms with Gasteiger partial charge in [0, 0.05) is 19.1 Å². The van der Waals surface area contributed by atoms with E-state index in [4.69, 9.17) is 7.85 Å².